The van der Waals surface area contributed by atoms with Crippen molar-refractivity contribution in [2.75, 3.05) is 6.54 Å². The van der Waals surface area contributed by atoms with Gasteiger partial charge in [-0.05, 0) is 43.5 Å². The van der Waals surface area contributed by atoms with Gasteiger partial charge in [-0.15, -0.1) is 0 Å². The topological polar surface area (TPSA) is 79.8 Å². The van der Waals surface area contributed by atoms with Crippen LogP contribution in [0.25, 0.3) is 16.6 Å². The van der Waals surface area contributed by atoms with E-state index in [-0.39, 0.29) is 11.5 Å². The summed E-state index contributed by atoms with van der Waals surface area (Å²) in [4.78, 5) is 27.2. The van der Waals surface area contributed by atoms with Crippen LogP contribution in [-0.4, -0.2) is 27.2 Å². The average Bonchev–Trinajstić information content (AvgIpc) is 3.11. The second kappa shape index (κ2) is 8.14. The molecule has 0 atom stereocenters. The molecule has 0 saturated carbocycles. The predicted octanol–water partition coefficient (Wildman–Crippen LogP) is 3.38. The Morgan fingerprint density at radius 1 is 1.10 bits per heavy atom. The molecule has 2 heterocycles. The van der Waals surface area contributed by atoms with Gasteiger partial charge in [0.1, 0.15) is 0 Å². The number of benzene rings is 2. The van der Waals surface area contributed by atoms with Crippen molar-refractivity contribution < 1.29 is 4.79 Å². The molecule has 0 aliphatic heterocycles. The third-order valence-corrected chi connectivity index (χ3v) is 4.92. The van der Waals surface area contributed by atoms with E-state index in [1.54, 1.807) is 6.07 Å². The van der Waals surface area contributed by atoms with E-state index in [1.165, 1.54) is 6.07 Å². The van der Waals surface area contributed by atoms with Crippen molar-refractivity contribution in [1.29, 1.82) is 0 Å². The van der Waals surface area contributed by atoms with Gasteiger partial charge >= 0.3 is 0 Å². The number of aromatic amines is 1. The first-order chi connectivity index (χ1) is 14.1. The Bertz CT molecular complexity index is 1210. The zero-order valence-electron chi connectivity index (χ0n) is 16.2. The summed E-state index contributed by atoms with van der Waals surface area (Å²) in [6, 6.07) is 18.6. The molecule has 29 heavy (non-hydrogen) atoms. The van der Waals surface area contributed by atoms with Crippen LogP contribution in [0.2, 0.25) is 0 Å². The summed E-state index contributed by atoms with van der Waals surface area (Å²) < 4.78 is 1.88. The number of carbonyl (C=O) groups is 1. The summed E-state index contributed by atoms with van der Waals surface area (Å²) in [6.07, 6.45) is 3.64. The molecule has 4 rings (SSSR count). The van der Waals surface area contributed by atoms with Gasteiger partial charge in [-0.2, -0.15) is 5.10 Å². The number of nitrogens with one attached hydrogen (secondary N) is 2. The summed E-state index contributed by atoms with van der Waals surface area (Å²) in [5, 5.41) is 8.25. The largest absolute Gasteiger partial charge is 0.352 e. The third kappa shape index (κ3) is 4.11. The number of pyridine rings is 1. The fourth-order valence-electron chi connectivity index (χ4n) is 3.42. The molecule has 0 spiro atoms. The lowest BCUT2D eigenvalue weighted by atomic mass is 10.1. The van der Waals surface area contributed by atoms with Gasteiger partial charge < -0.3 is 10.3 Å². The highest BCUT2D eigenvalue weighted by atomic mass is 16.2. The number of fused-ring (bicyclic) bond motifs is 1. The second-order valence-corrected chi connectivity index (χ2v) is 6.97. The first-order valence-electron chi connectivity index (χ1n) is 9.62. The van der Waals surface area contributed by atoms with E-state index in [0.717, 1.165) is 35.2 Å². The molecular formula is C23H22N4O2. The number of amides is 1. The van der Waals surface area contributed by atoms with E-state index in [1.807, 2.05) is 66.3 Å². The SMILES string of the molecule is Cc1nn(-c2ccccc2)cc1CCCNC(=O)c1cc(=O)[nH]c2ccccc12. The first-order valence-corrected chi connectivity index (χ1v) is 9.62. The Kier molecular flexibility index (Phi) is 5.24. The first kappa shape index (κ1) is 18.7. The van der Waals surface area contributed by atoms with Crippen LogP contribution >= 0.6 is 0 Å². The van der Waals surface area contributed by atoms with Crippen LogP contribution in [0.15, 0.2) is 71.7 Å². The normalized spacial score (nSPS) is 10.9. The standard InChI is InChI=1S/C23H22N4O2/c1-16-17(15-27(26-16)18-9-3-2-4-10-18)8-7-13-24-23(29)20-14-22(28)25-21-12-6-5-11-19(20)21/h2-6,9-12,14-15H,7-8,13H2,1H3,(H,24,29)(H,25,28). The van der Waals surface area contributed by atoms with E-state index in [2.05, 4.69) is 15.4 Å². The third-order valence-electron chi connectivity index (χ3n) is 4.92. The number of aromatic nitrogens is 3. The van der Waals surface area contributed by atoms with Crippen LogP contribution in [0.4, 0.5) is 0 Å². The molecule has 6 heteroatoms. The molecule has 0 fully saturated rings. The summed E-state index contributed by atoms with van der Waals surface area (Å²) in [5.74, 6) is -0.232. The molecule has 0 radical (unpaired) electrons. The number of H-pyrrole nitrogens is 1. The summed E-state index contributed by atoms with van der Waals surface area (Å²) in [6.45, 7) is 2.52. The highest BCUT2D eigenvalue weighted by Gasteiger charge is 2.11. The van der Waals surface area contributed by atoms with E-state index < -0.39 is 0 Å². The molecule has 2 N–H and O–H groups in total. The van der Waals surface area contributed by atoms with Gasteiger partial charge in [0.25, 0.3) is 5.91 Å². The van der Waals surface area contributed by atoms with Gasteiger partial charge in [0, 0.05) is 29.7 Å². The Morgan fingerprint density at radius 3 is 2.69 bits per heavy atom. The van der Waals surface area contributed by atoms with Gasteiger partial charge in [-0.1, -0.05) is 36.4 Å². The molecule has 4 aromatic rings. The molecular weight excluding hydrogens is 364 g/mol. The van der Waals surface area contributed by atoms with Gasteiger partial charge in [0.2, 0.25) is 5.56 Å². The number of carbonyl (C=O) groups excluding carboxylic acids is 1. The van der Waals surface area contributed by atoms with Crippen LogP contribution in [0, 0.1) is 6.92 Å². The maximum atomic E-state index is 12.6. The number of aryl methyl sites for hydroxylation is 2. The van der Waals surface area contributed by atoms with E-state index in [4.69, 9.17) is 0 Å². The van der Waals surface area contributed by atoms with Crippen LogP contribution in [0.5, 0.6) is 0 Å². The Balaban J connectivity index is 1.39. The number of hydrogen-bond donors (Lipinski definition) is 2. The number of para-hydroxylation sites is 2. The van der Waals surface area contributed by atoms with Gasteiger partial charge in [-0.3, -0.25) is 9.59 Å². The fraction of sp³-hybridized carbons (Fsp3) is 0.174. The maximum Gasteiger partial charge on any atom is 0.252 e. The smallest absolute Gasteiger partial charge is 0.252 e. The predicted molar refractivity (Wildman–Crippen MR) is 114 cm³/mol. The molecule has 146 valence electrons. The van der Waals surface area contributed by atoms with Crippen molar-refractivity contribution in [3.05, 3.63) is 94.0 Å². The average molecular weight is 386 g/mol. The summed E-state index contributed by atoms with van der Waals surface area (Å²) in [7, 11) is 0. The van der Waals surface area contributed by atoms with Crippen LogP contribution in [0.1, 0.15) is 28.0 Å². The number of rotatable bonds is 6. The lowest BCUT2D eigenvalue weighted by Gasteiger charge is -2.07. The molecule has 0 bridgehead atoms. The number of nitrogens with zero attached hydrogens (tertiary/aromatic N) is 2. The van der Waals surface area contributed by atoms with Gasteiger partial charge in [0.05, 0.1) is 16.9 Å². The minimum atomic E-state index is -0.280. The van der Waals surface area contributed by atoms with Crippen molar-refractivity contribution in [3.8, 4) is 5.69 Å². The fourth-order valence-corrected chi connectivity index (χ4v) is 3.42. The molecule has 2 aromatic heterocycles. The Hall–Kier alpha value is -3.67. The minimum Gasteiger partial charge on any atom is -0.352 e. The molecule has 0 aliphatic rings. The molecule has 1 amide bonds. The Labute approximate surface area is 168 Å². The van der Waals surface area contributed by atoms with Crippen molar-refractivity contribution >= 4 is 16.8 Å². The Morgan fingerprint density at radius 2 is 1.86 bits per heavy atom. The van der Waals surface area contributed by atoms with Crippen LogP contribution in [0.3, 0.4) is 0 Å². The molecule has 0 saturated heterocycles. The van der Waals surface area contributed by atoms with E-state index >= 15 is 0 Å². The van der Waals surface area contributed by atoms with Crippen molar-refractivity contribution in [3.63, 3.8) is 0 Å². The molecule has 2 aromatic carbocycles. The highest BCUT2D eigenvalue weighted by molar-refractivity contribution is 6.05. The molecule has 6 nitrogen and oxygen atoms in total. The number of hydrogen-bond acceptors (Lipinski definition) is 3. The maximum absolute atomic E-state index is 12.6. The van der Waals surface area contributed by atoms with E-state index in [0.29, 0.717) is 17.6 Å². The van der Waals surface area contributed by atoms with Crippen LogP contribution < -0.4 is 10.9 Å². The summed E-state index contributed by atoms with van der Waals surface area (Å²) >= 11 is 0. The molecule has 0 aliphatic carbocycles. The minimum absolute atomic E-state index is 0.232. The van der Waals surface area contributed by atoms with E-state index in [9.17, 15) is 9.59 Å². The summed E-state index contributed by atoms with van der Waals surface area (Å²) in [5.41, 5.74) is 3.95. The lowest BCUT2D eigenvalue weighted by Crippen LogP contribution is -2.26. The lowest BCUT2D eigenvalue weighted by molar-refractivity contribution is 0.0954. The van der Waals surface area contributed by atoms with Crippen molar-refractivity contribution in [2.24, 2.45) is 0 Å². The van der Waals surface area contributed by atoms with Gasteiger partial charge in [0.15, 0.2) is 0 Å². The molecule has 0 unspecified atom stereocenters. The monoisotopic (exact) mass is 386 g/mol. The van der Waals surface area contributed by atoms with Crippen LogP contribution in [-0.2, 0) is 6.42 Å². The quantitative estimate of drug-likeness (QED) is 0.499. The zero-order chi connectivity index (χ0) is 20.2. The zero-order valence-corrected chi connectivity index (χ0v) is 16.2. The van der Waals surface area contributed by atoms with Crippen molar-refractivity contribution in [2.45, 2.75) is 19.8 Å². The van der Waals surface area contributed by atoms with Crippen molar-refractivity contribution in [1.82, 2.24) is 20.1 Å². The van der Waals surface area contributed by atoms with Gasteiger partial charge in [-0.25, -0.2) is 4.68 Å². The second-order valence-electron chi connectivity index (χ2n) is 6.97. The highest BCUT2D eigenvalue weighted by Crippen LogP contribution is 2.15.